The lowest BCUT2D eigenvalue weighted by Crippen LogP contribution is -2.52. The van der Waals surface area contributed by atoms with Crippen molar-refractivity contribution in [1.29, 1.82) is 0 Å². The van der Waals surface area contributed by atoms with E-state index in [2.05, 4.69) is 15.0 Å². The number of nitrogens with zero attached hydrogens (tertiary/aromatic N) is 4. The zero-order valence-corrected chi connectivity index (χ0v) is 24.3. The molecule has 4 aliphatic rings. The van der Waals surface area contributed by atoms with Gasteiger partial charge in [-0.15, -0.1) is 0 Å². The van der Waals surface area contributed by atoms with Crippen molar-refractivity contribution < 1.29 is 14.4 Å². The maximum Gasteiger partial charge on any atom is 0.362 e. The number of carbonyl (C=O) groups excluding carboxylic acids is 1. The van der Waals surface area contributed by atoms with Crippen molar-refractivity contribution in [1.82, 2.24) is 14.5 Å². The molecule has 2 aliphatic heterocycles. The molecule has 3 heterocycles. The number of hydrogen-bond acceptors (Lipinski definition) is 7. The molecule has 2 aliphatic carbocycles. The van der Waals surface area contributed by atoms with Gasteiger partial charge in [0.25, 0.3) is 5.56 Å². The van der Waals surface area contributed by atoms with Crippen LogP contribution in [-0.2, 0) is 14.4 Å². The molecule has 40 heavy (non-hydrogen) atoms. The summed E-state index contributed by atoms with van der Waals surface area (Å²) in [5, 5.41) is 4.07. The zero-order valence-electron chi connectivity index (χ0n) is 24.3. The van der Waals surface area contributed by atoms with Crippen LogP contribution >= 0.6 is 0 Å². The number of ether oxygens (including phenoxy) is 1. The topological polar surface area (TPSA) is 86.0 Å². The Morgan fingerprint density at radius 2 is 1.62 bits per heavy atom. The first-order valence-corrected chi connectivity index (χ1v) is 15.6. The predicted octanol–water partition coefficient (Wildman–Crippen LogP) is 5.62. The molecule has 1 aromatic heterocycles. The molecular formula is C32H44N4O4. The highest BCUT2D eigenvalue weighted by molar-refractivity contribution is 6.42. The lowest BCUT2D eigenvalue weighted by Gasteiger charge is -2.48. The summed E-state index contributed by atoms with van der Waals surface area (Å²) in [6.07, 6.45) is 13.8. The summed E-state index contributed by atoms with van der Waals surface area (Å²) < 4.78 is 7.17. The van der Waals surface area contributed by atoms with Crippen molar-refractivity contribution in [3.63, 3.8) is 0 Å². The highest BCUT2D eigenvalue weighted by atomic mass is 16.6. The molecule has 8 heteroatoms. The summed E-state index contributed by atoms with van der Waals surface area (Å²) in [6, 6.07) is 9.47. The minimum Gasteiger partial charge on any atom is -0.461 e. The Hall–Kier alpha value is -2.74. The standard InChI is InChI=1S/C32H44N4O4/c1-4-39-32(38)30(34-40-20(2)3)29-31(37)36(28-12-8-7-11-27(28)33-29)26-18-23-13-14-24(19-26)35(23)25-16-21-9-5-6-10-22(15-21)17-25/h7-8,11-12,20-26H,4-6,9-10,13-19H2,1-3H3/b34-30-. The fraction of sp³-hybridized carbons (Fsp3) is 0.688. The van der Waals surface area contributed by atoms with E-state index in [1.807, 2.05) is 42.7 Å². The smallest absolute Gasteiger partial charge is 0.362 e. The highest BCUT2D eigenvalue weighted by Gasteiger charge is 2.47. The molecule has 4 atom stereocenters. The summed E-state index contributed by atoms with van der Waals surface area (Å²) in [4.78, 5) is 40.1. The van der Waals surface area contributed by atoms with Crippen LogP contribution < -0.4 is 5.56 Å². The van der Waals surface area contributed by atoms with E-state index >= 15 is 0 Å². The second-order valence-electron chi connectivity index (χ2n) is 12.8. The molecule has 0 radical (unpaired) electrons. The van der Waals surface area contributed by atoms with Gasteiger partial charge in [0.2, 0.25) is 5.71 Å². The SMILES string of the molecule is CCOC(=O)/C(=N\OC(C)C)c1nc2ccccc2n(C2CC3CCC(C2)N3C2CC3CCCCC(C3)C2)c1=O. The van der Waals surface area contributed by atoms with Gasteiger partial charge in [0.05, 0.1) is 17.6 Å². The van der Waals surface area contributed by atoms with E-state index in [0.717, 1.165) is 30.2 Å². The number of para-hydroxylation sites is 2. The molecule has 4 unspecified atom stereocenters. The number of fused-ring (bicyclic) bond motifs is 5. The van der Waals surface area contributed by atoms with Crippen molar-refractivity contribution in [3.05, 3.63) is 40.3 Å². The largest absolute Gasteiger partial charge is 0.461 e. The van der Waals surface area contributed by atoms with E-state index in [-0.39, 0.29) is 35.7 Å². The Bertz CT molecular complexity index is 1290. The minimum atomic E-state index is -0.691. The number of aromatic nitrogens is 2. The Labute approximate surface area is 237 Å². The quantitative estimate of drug-likeness (QED) is 0.254. The van der Waals surface area contributed by atoms with Gasteiger partial charge in [0.15, 0.2) is 5.69 Å². The molecule has 0 spiro atoms. The predicted molar refractivity (Wildman–Crippen MR) is 155 cm³/mol. The number of carbonyl (C=O) groups is 1. The Morgan fingerprint density at radius 3 is 2.27 bits per heavy atom. The molecule has 2 saturated carbocycles. The maximum atomic E-state index is 14.2. The van der Waals surface area contributed by atoms with Crippen LogP contribution in [0.5, 0.6) is 0 Å². The number of esters is 1. The van der Waals surface area contributed by atoms with Gasteiger partial charge in [-0.2, -0.15) is 0 Å². The van der Waals surface area contributed by atoms with Crippen LogP contribution in [0.4, 0.5) is 0 Å². The molecule has 0 N–H and O–H groups in total. The van der Waals surface area contributed by atoms with Gasteiger partial charge in [-0.05, 0) is 89.7 Å². The van der Waals surface area contributed by atoms with Crippen molar-refractivity contribution >= 4 is 22.7 Å². The molecule has 8 nitrogen and oxygen atoms in total. The lowest BCUT2D eigenvalue weighted by molar-refractivity contribution is -0.135. The molecule has 2 saturated heterocycles. The van der Waals surface area contributed by atoms with Gasteiger partial charge in [-0.1, -0.05) is 43.0 Å². The van der Waals surface area contributed by atoms with Gasteiger partial charge in [-0.3, -0.25) is 9.69 Å². The van der Waals surface area contributed by atoms with Crippen molar-refractivity contribution in [2.75, 3.05) is 6.61 Å². The van der Waals surface area contributed by atoms with Crippen LogP contribution in [0.25, 0.3) is 11.0 Å². The molecule has 4 fully saturated rings. The summed E-state index contributed by atoms with van der Waals surface area (Å²) in [7, 11) is 0. The van der Waals surface area contributed by atoms with Crippen LogP contribution in [0.1, 0.15) is 103 Å². The van der Waals surface area contributed by atoms with Gasteiger partial charge >= 0.3 is 5.97 Å². The third kappa shape index (κ3) is 5.31. The molecule has 4 bridgehead atoms. The first-order valence-electron chi connectivity index (χ1n) is 15.6. The van der Waals surface area contributed by atoms with Gasteiger partial charge < -0.3 is 14.1 Å². The van der Waals surface area contributed by atoms with E-state index in [1.165, 1.54) is 57.8 Å². The zero-order chi connectivity index (χ0) is 27.8. The van der Waals surface area contributed by atoms with Gasteiger partial charge in [-0.25, -0.2) is 9.78 Å². The van der Waals surface area contributed by atoms with Crippen molar-refractivity contribution in [2.45, 2.75) is 122 Å². The molecular weight excluding hydrogens is 504 g/mol. The first kappa shape index (κ1) is 27.4. The Morgan fingerprint density at radius 1 is 0.950 bits per heavy atom. The average Bonchev–Trinajstić information content (AvgIpc) is 3.08. The molecule has 2 aromatic rings. The highest BCUT2D eigenvalue weighted by Crippen LogP contribution is 2.47. The van der Waals surface area contributed by atoms with Crippen LogP contribution in [0.3, 0.4) is 0 Å². The number of oxime groups is 1. The second-order valence-corrected chi connectivity index (χ2v) is 12.8. The molecule has 216 valence electrons. The molecule has 6 rings (SSSR count). The van der Waals surface area contributed by atoms with Crippen LogP contribution in [0.15, 0.2) is 34.2 Å². The van der Waals surface area contributed by atoms with Gasteiger partial charge in [0.1, 0.15) is 6.10 Å². The van der Waals surface area contributed by atoms with E-state index < -0.39 is 5.97 Å². The first-order chi connectivity index (χ1) is 19.4. The third-order valence-electron chi connectivity index (χ3n) is 9.75. The average molecular weight is 549 g/mol. The minimum absolute atomic E-state index is 0.00364. The van der Waals surface area contributed by atoms with Gasteiger partial charge in [0, 0.05) is 24.2 Å². The summed E-state index contributed by atoms with van der Waals surface area (Å²) in [5.74, 6) is 1.10. The van der Waals surface area contributed by atoms with E-state index in [0.29, 0.717) is 23.6 Å². The summed E-state index contributed by atoms with van der Waals surface area (Å²) in [6.45, 7) is 5.55. The molecule has 0 amide bonds. The fourth-order valence-corrected chi connectivity index (χ4v) is 8.31. The number of hydrogen-bond donors (Lipinski definition) is 0. The van der Waals surface area contributed by atoms with E-state index in [4.69, 9.17) is 9.57 Å². The fourth-order valence-electron chi connectivity index (χ4n) is 8.31. The number of rotatable bonds is 7. The summed E-state index contributed by atoms with van der Waals surface area (Å²) in [5.41, 5.74) is 1.03. The second kappa shape index (κ2) is 11.6. The maximum absolute atomic E-state index is 14.2. The van der Waals surface area contributed by atoms with Crippen LogP contribution in [0, 0.1) is 11.8 Å². The normalized spacial score (nSPS) is 30.9. The van der Waals surface area contributed by atoms with Crippen molar-refractivity contribution in [3.8, 4) is 0 Å². The molecule has 1 aromatic carbocycles. The third-order valence-corrected chi connectivity index (χ3v) is 9.75. The number of benzene rings is 1. The van der Waals surface area contributed by atoms with Crippen LogP contribution in [0.2, 0.25) is 0 Å². The Balaban J connectivity index is 1.34. The van der Waals surface area contributed by atoms with E-state index in [1.54, 1.807) is 6.92 Å². The lowest BCUT2D eigenvalue weighted by atomic mass is 9.76. The van der Waals surface area contributed by atoms with E-state index in [9.17, 15) is 9.59 Å². The summed E-state index contributed by atoms with van der Waals surface area (Å²) >= 11 is 0. The Kier molecular flexibility index (Phi) is 7.98. The van der Waals surface area contributed by atoms with Crippen LogP contribution in [-0.4, -0.2) is 57.0 Å². The van der Waals surface area contributed by atoms with Crippen molar-refractivity contribution in [2.24, 2.45) is 17.0 Å². The monoisotopic (exact) mass is 548 g/mol. The number of piperidine rings is 1.